The van der Waals surface area contributed by atoms with Crippen LogP contribution in [0.2, 0.25) is 0 Å². The molecule has 168 valence electrons. The largest absolute Gasteiger partial charge is 0.481 e. The number of benzene rings is 1. The van der Waals surface area contributed by atoms with Crippen LogP contribution in [-0.4, -0.2) is 40.8 Å². The Balaban J connectivity index is 2.60. The number of primary amides is 1. The van der Waals surface area contributed by atoms with Crippen LogP contribution < -0.4 is 11.1 Å². The zero-order chi connectivity index (χ0) is 22.7. The molecule has 0 aliphatic rings. The van der Waals surface area contributed by atoms with Gasteiger partial charge < -0.3 is 25.6 Å². The summed E-state index contributed by atoms with van der Waals surface area (Å²) in [5.74, 6) is -1.24. The number of alkyl carbamates (subject to hydrolysis) is 1. The molecule has 0 radical (unpaired) electrons. The van der Waals surface area contributed by atoms with Crippen molar-refractivity contribution in [3.8, 4) is 0 Å². The fourth-order valence-corrected chi connectivity index (χ4v) is 2.77. The monoisotopic (exact) mass is 422 g/mol. The summed E-state index contributed by atoms with van der Waals surface area (Å²) in [7, 11) is 0. The average Bonchev–Trinajstić information content (AvgIpc) is 2.62. The van der Waals surface area contributed by atoms with Crippen LogP contribution in [0.4, 0.5) is 4.79 Å². The Morgan fingerprint density at radius 3 is 2.23 bits per heavy atom. The molecule has 0 unspecified atom stereocenters. The summed E-state index contributed by atoms with van der Waals surface area (Å²) in [6.07, 6.45) is 0.987. The van der Waals surface area contributed by atoms with Gasteiger partial charge in [0.05, 0.1) is 18.8 Å². The number of hydrogen-bond acceptors (Lipinski definition) is 5. The van der Waals surface area contributed by atoms with Crippen LogP contribution >= 0.6 is 0 Å². The number of nitrogens with one attached hydrogen (secondary N) is 1. The Morgan fingerprint density at radius 2 is 1.70 bits per heavy atom. The lowest BCUT2D eigenvalue weighted by molar-refractivity contribution is -0.137. The maximum absolute atomic E-state index is 12.1. The third kappa shape index (κ3) is 11.4. The molecule has 8 nitrogen and oxygen atoms in total. The molecule has 0 spiro atoms. The van der Waals surface area contributed by atoms with E-state index in [-0.39, 0.29) is 18.9 Å². The first-order valence-corrected chi connectivity index (χ1v) is 10.2. The summed E-state index contributed by atoms with van der Waals surface area (Å²) in [5, 5.41) is 11.5. The van der Waals surface area contributed by atoms with Gasteiger partial charge in [0.1, 0.15) is 5.60 Å². The van der Waals surface area contributed by atoms with E-state index in [1.165, 1.54) is 0 Å². The second-order valence-electron chi connectivity index (χ2n) is 8.34. The lowest BCUT2D eigenvalue weighted by Gasteiger charge is -2.27. The lowest BCUT2D eigenvalue weighted by atomic mass is 10.1. The van der Waals surface area contributed by atoms with Crippen molar-refractivity contribution >= 4 is 18.0 Å². The van der Waals surface area contributed by atoms with Crippen LogP contribution in [0, 0.1) is 0 Å². The van der Waals surface area contributed by atoms with Gasteiger partial charge in [0, 0.05) is 12.8 Å². The minimum Gasteiger partial charge on any atom is -0.481 e. The number of carboxylic acids is 1. The molecule has 0 aromatic heterocycles. The fraction of sp³-hybridized carbons (Fsp3) is 0.591. The Labute approximate surface area is 178 Å². The number of hydrogen-bond donors (Lipinski definition) is 3. The summed E-state index contributed by atoms with van der Waals surface area (Å²) in [6.45, 7) is 7.48. The molecule has 0 bridgehead atoms. The van der Waals surface area contributed by atoms with Crippen molar-refractivity contribution in [2.75, 3.05) is 0 Å². The van der Waals surface area contributed by atoms with Crippen LogP contribution in [-0.2, 0) is 32.1 Å². The molecule has 0 aliphatic heterocycles. The van der Waals surface area contributed by atoms with E-state index in [4.69, 9.17) is 20.3 Å². The second-order valence-corrected chi connectivity index (χ2v) is 8.34. The Morgan fingerprint density at radius 1 is 1.10 bits per heavy atom. The smallest absolute Gasteiger partial charge is 0.407 e. The van der Waals surface area contributed by atoms with Crippen molar-refractivity contribution in [1.82, 2.24) is 5.32 Å². The topological polar surface area (TPSA) is 128 Å². The molecular weight excluding hydrogens is 388 g/mol. The van der Waals surface area contributed by atoms with Gasteiger partial charge in [-0.15, -0.1) is 0 Å². The van der Waals surface area contributed by atoms with Crippen molar-refractivity contribution in [1.29, 1.82) is 0 Å². The number of amides is 2. The van der Waals surface area contributed by atoms with E-state index in [0.717, 1.165) is 11.1 Å². The highest BCUT2D eigenvalue weighted by Crippen LogP contribution is 2.14. The Hall–Kier alpha value is -2.61. The molecule has 0 saturated carbocycles. The molecule has 0 saturated heterocycles. The van der Waals surface area contributed by atoms with Crippen LogP contribution in [0.3, 0.4) is 0 Å². The van der Waals surface area contributed by atoms with Gasteiger partial charge in [0.15, 0.2) is 0 Å². The molecule has 1 rings (SSSR count). The number of carbonyl (C=O) groups excluding carboxylic acids is 2. The zero-order valence-electron chi connectivity index (χ0n) is 18.3. The van der Waals surface area contributed by atoms with Gasteiger partial charge in [-0.05, 0) is 58.1 Å². The predicted octanol–water partition coefficient (Wildman–Crippen LogP) is 3.16. The molecule has 30 heavy (non-hydrogen) atoms. The standard InChI is InChI=1S/C22H34N2O6/c1-15(18(12-13-19(23)25)24-21(28)30-22(2,3)4)29-14-17-10-8-16(9-11-17)6-5-7-20(26)27/h8-11,15,18H,5-7,12-14H2,1-4H3,(H2,23,25)(H,24,28)(H,26,27)/t15-,18+/m1/s1. The summed E-state index contributed by atoms with van der Waals surface area (Å²) >= 11 is 0. The summed E-state index contributed by atoms with van der Waals surface area (Å²) < 4.78 is 11.2. The summed E-state index contributed by atoms with van der Waals surface area (Å²) in [6, 6.07) is 7.34. The number of carboxylic acid groups (broad SMARTS) is 1. The van der Waals surface area contributed by atoms with E-state index in [2.05, 4.69) is 5.32 Å². The van der Waals surface area contributed by atoms with E-state index < -0.39 is 29.6 Å². The van der Waals surface area contributed by atoms with E-state index in [1.807, 2.05) is 31.2 Å². The van der Waals surface area contributed by atoms with Crippen molar-refractivity contribution in [2.45, 2.75) is 84.2 Å². The van der Waals surface area contributed by atoms with Crippen LogP contribution in [0.25, 0.3) is 0 Å². The molecule has 8 heteroatoms. The number of nitrogens with two attached hydrogens (primary N) is 1. The number of aliphatic carboxylic acids is 1. The predicted molar refractivity (Wildman–Crippen MR) is 113 cm³/mol. The third-order valence-electron chi connectivity index (χ3n) is 4.36. The molecule has 0 heterocycles. The van der Waals surface area contributed by atoms with Gasteiger partial charge in [-0.3, -0.25) is 9.59 Å². The van der Waals surface area contributed by atoms with E-state index >= 15 is 0 Å². The quantitative estimate of drug-likeness (QED) is 0.475. The van der Waals surface area contributed by atoms with Crippen molar-refractivity contribution in [3.05, 3.63) is 35.4 Å². The first kappa shape index (κ1) is 25.4. The highest BCUT2D eigenvalue weighted by atomic mass is 16.6. The normalized spacial score (nSPS) is 13.3. The molecular formula is C22H34N2O6. The van der Waals surface area contributed by atoms with Crippen LogP contribution in [0.5, 0.6) is 0 Å². The second kappa shape index (κ2) is 12.2. The minimum atomic E-state index is -0.792. The molecule has 1 aromatic rings. The maximum Gasteiger partial charge on any atom is 0.407 e. The molecule has 0 aliphatic carbocycles. The molecule has 1 aromatic carbocycles. The van der Waals surface area contributed by atoms with Gasteiger partial charge in [0.25, 0.3) is 0 Å². The first-order valence-electron chi connectivity index (χ1n) is 10.2. The van der Waals surface area contributed by atoms with E-state index in [1.54, 1.807) is 20.8 Å². The Bertz CT molecular complexity index is 697. The van der Waals surface area contributed by atoms with Crippen molar-refractivity contribution in [2.24, 2.45) is 5.73 Å². The SMILES string of the molecule is C[C@@H](OCc1ccc(CCCC(=O)O)cc1)[C@H](CCC(N)=O)NC(=O)OC(C)(C)C. The van der Waals surface area contributed by atoms with E-state index in [0.29, 0.717) is 25.9 Å². The average molecular weight is 423 g/mol. The Kier molecular flexibility index (Phi) is 10.3. The molecule has 2 amide bonds. The highest BCUT2D eigenvalue weighted by Gasteiger charge is 2.24. The lowest BCUT2D eigenvalue weighted by Crippen LogP contribution is -2.45. The molecule has 4 N–H and O–H groups in total. The summed E-state index contributed by atoms with van der Waals surface area (Å²) in [4.78, 5) is 33.9. The van der Waals surface area contributed by atoms with Gasteiger partial charge >= 0.3 is 12.1 Å². The van der Waals surface area contributed by atoms with Gasteiger partial charge in [0.2, 0.25) is 5.91 Å². The van der Waals surface area contributed by atoms with Crippen molar-refractivity contribution < 1.29 is 29.0 Å². The maximum atomic E-state index is 12.1. The first-order chi connectivity index (χ1) is 14.0. The van der Waals surface area contributed by atoms with Gasteiger partial charge in [-0.1, -0.05) is 24.3 Å². The number of carbonyl (C=O) groups is 3. The number of aryl methyl sites for hydroxylation is 1. The van der Waals surface area contributed by atoms with Gasteiger partial charge in [-0.2, -0.15) is 0 Å². The van der Waals surface area contributed by atoms with E-state index in [9.17, 15) is 14.4 Å². The van der Waals surface area contributed by atoms with Gasteiger partial charge in [-0.25, -0.2) is 4.79 Å². The number of rotatable bonds is 12. The highest BCUT2D eigenvalue weighted by molar-refractivity contribution is 5.74. The van der Waals surface area contributed by atoms with Crippen LogP contribution in [0.15, 0.2) is 24.3 Å². The third-order valence-corrected chi connectivity index (χ3v) is 4.36. The molecule has 0 fully saturated rings. The number of ether oxygens (including phenoxy) is 2. The minimum absolute atomic E-state index is 0.124. The zero-order valence-corrected chi connectivity index (χ0v) is 18.3. The molecule has 2 atom stereocenters. The summed E-state index contributed by atoms with van der Waals surface area (Å²) in [5.41, 5.74) is 6.64. The van der Waals surface area contributed by atoms with Crippen LogP contribution in [0.1, 0.15) is 64.5 Å². The fourth-order valence-electron chi connectivity index (χ4n) is 2.77. The van der Waals surface area contributed by atoms with Crippen molar-refractivity contribution in [3.63, 3.8) is 0 Å².